The molecule has 2 N–H and O–H groups in total. The first-order chi connectivity index (χ1) is 9.78. The van der Waals surface area contributed by atoms with Crippen molar-refractivity contribution >= 4 is 17.6 Å². The van der Waals surface area contributed by atoms with E-state index in [9.17, 15) is 0 Å². The van der Waals surface area contributed by atoms with Crippen LogP contribution in [0.15, 0.2) is 46.1 Å². The molecular formula is C14H17ClN4O. The van der Waals surface area contributed by atoms with Gasteiger partial charge in [0, 0.05) is 12.7 Å². The molecule has 0 unspecified atom stereocenters. The van der Waals surface area contributed by atoms with E-state index in [4.69, 9.17) is 16.0 Å². The van der Waals surface area contributed by atoms with Crippen molar-refractivity contribution in [3.63, 3.8) is 0 Å². The zero-order valence-electron chi connectivity index (χ0n) is 11.3. The van der Waals surface area contributed by atoms with Gasteiger partial charge in [0.25, 0.3) is 0 Å². The molecule has 0 spiro atoms. The van der Waals surface area contributed by atoms with Crippen molar-refractivity contribution in [1.29, 1.82) is 0 Å². The Morgan fingerprint density at radius 1 is 1.35 bits per heavy atom. The molecule has 5 nitrogen and oxygen atoms in total. The maximum atomic E-state index is 5.75. The van der Waals surface area contributed by atoms with E-state index in [0.717, 1.165) is 23.8 Å². The molecule has 0 bridgehead atoms. The van der Waals surface area contributed by atoms with Crippen LogP contribution in [0.1, 0.15) is 18.2 Å². The van der Waals surface area contributed by atoms with Gasteiger partial charge in [-0.2, -0.15) is 0 Å². The average Bonchev–Trinajstić information content (AvgIpc) is 2.97. The van der Waals surface area contributed by atoms with E-state index in [2.05, 4.69) is 20.6 Å². The summed E-state index contributed by atoms with van der Waals surface area (Å²) in [4.78, 5) is 8.51. The fourth-order valence-electron chi connectivity index (χ4n) is 1.60. The summed E-state index contributed by atoms with van der Waals surface area (Å²) in [6, 6.07) is 7.45. The third-order valence-corrected chi connectivity index (χ3v) is 2.79. The predicted molar refractivity (Wildman–Crippen MR) is 79.6 cm³/mol. The minimum Gasteiger partial charge on any atom is -0.467 e. The molecule has 0 saturated heterocycles. The SMILES string of the molecule is CCNC(=NCc1ccc(Cl)nc1)NCc1ccco1. The summed E-state index contributed by atoms with van der Waals surface area (Å²) in [7, 11) is 0. The van der Waals surface area contributed by atoms with E-state index in [-0.39, 0.29) is 0 Å². The van der Waals surface area contributed by atoms with Crippen LogP contribution in [0.4, 0.5) is 0 Å². The van der Waals surface area contributed by atoms with Crippen LogP contribution in [-0.4, -0.2) is 17.5 Å². The summed E-state index contributed by atoms with van der Waals surface area (Å²) in [5.41, 5.74) is 1.00. The number of rotatable bonds is 5. The fourth-order valence-corrected chi connectivity index (χ4v) is 1.71. The van der Waals surface area contributed by atoms with Crippen LogP contribution in [0.2, 0.25) is 5.15 Å². The summed E-state index contributed by atoms with van der Waals surface area (Å²) in [6.45, 7) is 3.95. The Labute approximate surface area is 123 Å². The second-order valence-electron chi connectivity index (χ2n) is 4.12. The summed E-state index contributed by atoms with van der Waals surface area (Å²) in [6.07, 6.45) is 3.38. The van der Waals surface area contributed by atoms with Gasteiger partial charge < -0.3 is 15.1 Å². The zero-order valence-corrected chi connectivity index (χ0v) is 12.0. The highest BCUT2D eigenvalue weighted by Gasteiger charge is 2.00. The molecule has 0 atom stereocenters. The smallest absolute Gasteiger partial charge is 0.191 e. The molecular weight excluding hydrogens is 276 g/mol. The average molecular weight is 293 g/mol. The number of guanidine groups is 1. The fraction of sp³-hybridized carbons (Fsp3) is 0.286. The number of aliphatic imine (C=N–C) groups is 1. The first-order valence-corrected chi connectivity index (χ1v) is 6.80. The first kappa shape index (κ1) is 14.4. The first-order valence-electron chi connectivity index (χ1n) is 6.43. The molecule has 0 aliphatic heterocycles. The lowest BCUT2D eigenvalue weighted by Crippen LogP contribution is -2.36. The number of hydrogen-bond acceptors (Lipinski definition) is 3. The van der Waals surface area contributed by atoms with Crippen LogP contribution >= 0.6 is 11.6 Å². The van der Waals surface area contributed by atoms with Gasteiger partial charge in [-0.05, 0) is 30.7 Å². The van der Waals surface area contributed by atoms with Crippen molar-refractivity contribution in [2.75, 3.05) is 6.54 Å². The number of furan rings is 1. The molecule has 106 valence electrons. The van der Waals surface area contributed by atoms with Crippen LogP contribution in [0, 0.1) is 0 Å². The van der Waals surface area contributed by atoms with E-state index < -0.39 is 0 Å². The van der Waals surface area contributed by atoms with Gasteiger partial charge in [0.15, 0.2) is 5.96 Å². The lowest BCUT2D eigenvalue weighted by Gasteiger charge is -2.10. The molecule has 0 saturated carbocycles. The van der Waals surface area contributed by atoms with Crippen molar-refractivity contribution in [3.8, 4) is 0 Å². The highest BCUT2D eigenvalue weighted by atomic mass is 35.5. The van der Waals surface area contributed by atoms with Crippen molar-refractivity contribution < 1.29 is 4.42 Å². The minimum atomic E-state index is 0.487. The summed E-state index contributed by atoms with van der Waals surface area (Å²) in [5, 5.41) is 6.87. The van der Waals surface area contributed by atoms with Gasteiger partial charge in [-0.15, -0.1) is 0 Å². The van der Waals surface area contributed by atoms with Crippen molar-refractivity contribution in [2.45, 2.75) is 20.0 Å². The van der Waals surface area contributed by atoms with Gasteiger partial charge >= 0.3 is 0 Å². The Bertz CT molecular complexity index is 537. The second kappa shape index (κ2) is 7.55. The van der Waals surface area contributed by atoms with Crippen LogP contribution in [0.5, 0.6) is 0 Å². The normalized spacial score (nSPS) is 11.4. The highest BCUT2D eigenvalue weighted by Crippen LogP contribution is 2.06. The number of pyridine rings is 1. The van der Waals surface area contributed by atoms with E-state index in [0.29, 0.717) is 18.2 Å². The molecule has 0 aliphatic carbocycles. The standard InChI is InChI=1S/C14H17ClN4O/c1-2-16-14(19-10-12-4-3-7-20-12)18-9-11-5-6-13(15)17-8-11/h3-8H,2,9-10H2,1H3,(H2,16,18,19). The topological polar surface area (TPSA) is 62.5 Å². The number of nitrogens with one attached hydrogen (secondary N) is 2. The highest BCUT2D eigenvalue weighted by molar-refractivity contribution is 6.29. The second-order valence-corrected chi connectivity index (χ2v) is 4.50. The summed E-state index contributed by atoms with van der Waals surface area (Å²) >= 11 is 5.75. The van der Waals surface area contributed by atoms with Crippen LogP contribution in [-0.2, 0) is 13.1 Å². The molecule has 2 aromatic rings. The quantitative estimate of drug-likeness (QED) is 0.505. The Morgan fingerprint density at radius 2 is 2.25 bits per heavy atom. The molecule has 0 amide bonds. The predicted octanol–water partition coefficient (Wildman–Crippen LogP) is 2.58. The van der Waals surface area contributed by atoms with Gasteiger partial charge in [0.2, 0.25) is 0 Å². The van der Waals surface area contributed by atoms with Gasteiger partial charge in [-0.3, -0.25) is 0 Å². The number of halogens is 1. The maximum absolute atomic E-state index is 5.75. The molecule has 0 aromatic carbocycles. The maximum Gasteiger partial charge on any atom is 0.191 e. The molecule has 0 fully saturated rings. The van der Waals surface area contributed by atoms with Crippen LogP contribution < -0.4 is 10.6 Å². The summed E-state index contributed by atoms with van der Waals surface area (Å²) < 4.78 is 5.27. The largest absolute Gasteiger partial charge is 0.467 e. The molecule has 0 aliphatic rings. The van der Waals surface area contributed by atoms with E-state index in [1.165, 1.54) is 0 Å². The number of nitrogens with zero attached hydrogens (tertiary/aromatic N) is 2. The van der Waals surface area contributed by atoms with E-state index in [1.807, 2.05) is 25.1 Å². The van der Waals surface area contributed by atoms with Crippen LogP contribution in [0.3, 0.4) is 0 Å². The van der Waals surface area contributed by atoms with Crippen LogP contribution in [0.25, 0.3) is 0 Å². The molecule has 0 radical (unpaired) electrons. The Morgan fingerprint density at radius 3 is 2.90 bits per heavy atom. The van der Waals surface area contributed by atoms with Gasteiger partial charge in [0.05, 0.1) is 19.4 Å². The lowest BCUT2D eigenvalue weighted by atomic mass is 10.3. The third kappa shape index (κ3) is 4.59. The monoisotopic (exact) mass is 292 g/mol. The van der Waals surface area contributed by atoms with Crippen molar-refractivity contribution in [2.24, 2.45) is 4.99 Å². The van der Waals surface area contributed by atoms with Gasteiger partial charge in [-0.25, -0.2) is 9.98 Å². The molecule has 2 rings (SSSR count). The minimum absolute atomic E-state index is 0.487. The zero-order chi connectivity index (χ0) is 14.2. The lowest BCUT2D eigenvalue weighted by molar-refractivity contribution is 0.501. The number of aromatic nitrogens is 1. The molecule has 6 heteroatoms. The molecule has 2 aromatic heterocycles. The third-order valence-electron chi connectivity index (χ3n) is 2.56. The van der Waals surface area contributed by atoms with Gasteiger partial charge in [0.1, 0.15) is 10.9 Å². The Balaban J connectivity index is 1.92. The Hall–Kier alpha value is -2.01. The number of hydrogen-bond donors (Lipinski definition) is 2. The van der Waals surface area contributed by atoms with Crippen molar-refractivity contribution in [1.82, 2.24) is 15.6 Å². The van der Waals surface area contributed by atoms with Crippen molar-refractivity contribution in [3.05, 3.63) is 53.2 Å². The Kier molecular flexibility index (Phi) is 5.43. The molecule has 2 heterocycles. The van der Waals surface area contributed by atoms with Gasteiger partial charge in [-0.1, -0.05) is 17.7 Å². The van der Waals surface area contributed by atoms with E-state index >= 15 is 0 Å². The molecule has 20 heavy (non-hydrogen) atoms. The summed E-state index contributed by atoms with van der Waals surface area (Å²) in [5.74, 6) is 1.60. The van der Waals surface area contributed by atoms with E-state index in [1.54, 1.807) is 18.5 Å².